The zero-order chi connectivity index (χ0) is 20.5. The van der Waals surface area contributed by atoms with Gasteiger partial charge in [0.15, 0.2) is 0 Å². The molecule has 0 aliphatic heterocycles. The second kappa shape index (κ2) is 7.02. The van der Waals surface area contributed by atoms with E-state index in [9.17, 15) is 31.1 Å². The minimum absolute atomic E-state index is 0.00495. The molecule has 0 aliphatic rings. The fourth-order valence-corrected chi connectivity index (χ4v) is 2.27. The first kappa shape index (κ1) is 19.5. The van der Waals surface area contributed by atoms with Crippen molar-refractivity contribution in [1.29, 1.82) is 0 Å². The van der Waals surface area contributed by atoms with Crippen LogP contribution in [0.4, 0.5) is 26.3 Å². The fraction of sp³-hybridized carbons (Fsp3) is 0.188. The summed E-state index contributed by atoms with van der Waals surface area (Å²) in [5, 5.41) is 3.18. The van der Waals surface area contributed by atoms with Crippen LogP contribution in [-0.2, 0) is 12.7 Å². The van der Waals surface area contributed by atoms with E-state index in [1.165, 1.54) is 24.4 Å². The predicted octanol–water partition coefficient (Wildman–Crippen LogP) is 3.86. The summed E-state index contributed by atoms with van der Waals surface area (Å²) in [4.78, 5) is 15.4. The maximum absolute atomic E-state index is 12.5. The van der Waals surface area contributed by atoms with Crippen molar-refractivity contribution in [2.75, 3.05) is 0 Å². The molecule has 0 saturated heterocycles. The van der Waals surface area contributed by atoms with Crippen molar-refractivity contribution in [3.8, 4) is 17.1 Å². The van der Waals surface area contributed by atoms with E-state index in [4.69, 9.17) is 0 Å². The smallest absolute Gasteiger partial charge is 0.406 e. The lowest BCUT2D eigenvalue weighted by Gasteiger charge is -2.11. The van der Waals surface area contributed by atoms with Crippen molar-refractivity contribution in [3.63, 3.8) is 0 Å². The fourth-order valence-electron chi connectivity index (χ4n) is 2.27. The Morgan fingerprint density at radius 2 is 1.82 bits per heavy atom. The molecule has 0 unspecified atom stereocenters. The van der Waals surface area contributed by atoms with Crippen LogP contribution >= 0.6 is 0 Å². The minimum atomic E-state index is -4.85. The molecule has 3 aromatic rings. The molecule has 148 valence electrons. The molecule has 0 fully saturated rings. The van der Waals surface area contributed by atoms with Crippen LogP contribution in [0, 0.1) is 0 Å². The van der Waals surface area contributed by atoms with Crippen molar-refractivity contribution >= 4 is 0 Å². The lowest BCUT2D eigenvalue weighted by atomic mass is 10.2. The highest BCUT2D eigenvalue weighted by Gasteiger charge is 2.38. The number of pyridine rings is 1. The van der Waals surface area contributed by atoms with Crippen LogP contribution in [0.2, 0.25) is 0 Å². The lowest BCUT2D eigenvalue weighted by Crippen LogP contribution is -2.20. The Kier molecular flexibility index (Phi) is 4.87. The van der Waals surface area contributed by atoms with Gasteiger partial charge in [-0.2, -0.15) is 18.2 Å². The van der Waals surface area contributed by atoms with Crippen LogP contribution in [0.1, 0.15) is 11.5 Å². The number of alkyl halides is 6. The van der Waals surface area contributed by atoms with Gasteiger partial charge in [-0.15, -0.1) is 13.2 Å². The van der Waals surface area contributed by atoms with Gasteiger partial charge in [-0.3, -0.25) is 4.79 Å². The Balaban J connectivity index is 1.81. The number of ether oxygens (including phenoxy) is 1. The summed E-state index contributed by atoms with van der Waals surface area (Å²) in [6.45, 7) is -0.0891. The van der Waals surface area contributed by atoms with E-state index in [0.29, 0.717) is 5.56 Å². The van der Waals surface area contributed by atoms with E-state index in [1.54, 1.807) is 0 Å². The highest BCUT2D eigenvalue weighted by Crippen LogP contribution is 2.29. The first-order valence-corrected chi connectivity index (χ1v) is 7.48. The standard InChI is InChI=1S/C16H9F6N3O3/c17-15(18,19)14-23-13(24-28-14)10-4-5-25(12(26)7-10)8-9-2-1-3-11(6-9)27-16(20,21)22/h1-7H,8H2. The van der Waals surface area contributed by atoms with Gasteiger partial charge in [-0.25, -0.2) is 0 Å². The zero-order valence-electron chi connectivity index (χ0n) is 13.6. The molecule has 6 nitrogen and oxygen atoms in total. The summed E-state index contributed by atoms with van der Waals surface area (Å²) in [7, 11) is 0. The van der Waals surface area contributed by atoms with E-state index in [1.807, 2.05) is 0 Å². The summed E-state index contributed by atoms with van der Waals surface area (Å²) in [6, 6.07) is 7.30. The van der Waals surface area contributed by atoms with Gasteiger partial charge in [0.2, 0.25) is 5.82 Å². The predicted molar refractivity (Wildman–Crippen MR) is 81.2 cm³/mol. The highest BCUT2D eigenvalue weighted by molar-refractivity contribution is 5.52. The number of benzene rings is 1. The average Bonchev–Trinajstić information content (AvgIpc) is 3.06. The molecule has 12 heteroatoms. The first-order valence-electron chi connectivity index (χ1n) is 7.48. The van der Waals surface area contributed by atoms with Gasteiger partial charge in [-0.05, 0) is 23.8 Å². The lowest BCUT2D eigenvalue weighted by molar-refractivity contribution is -0.274. The molecule has 3 rings (SSSR count). The molecule has 0 bridgehead atoms. The number of aromatic nitrogens is 3. The average molecular weight is 405 g/mol. The van der Waals surface area contributed by atoms with Crippen molar-refractivity contribution in [2.24, 2.45) is 0 Å². The normalized spacial score (nSPS) is 12.2. The largest absolute Gasteiger partial charge is 0.573 e. The minimum Gasteiger partial charge on any atom is -0.406 e. The highest BCUT2D eigenvalue weighted by atomic mass is 19.4. The van der Waals surface area contributed by atoms with Crippen LogP contribution in [0.5, 0.6) is 5.75 Å². The van der Waals surface area contributed by atoms with Crippen molar-refractivity contribution in [1.82, 2.24) is 14.7 Å². The Labute approximate surface area is 152 Å². The number of hydrogen-bond acceptors (Lipinski definition) is 5. The van der Waals surface area contributed by atoms with Crippen LogP contribution in [-0.4, -0.2) is 21.1 Å². The van der Waals surface area contributed by atoms with E-state index in [-0.39, 0.29) is 12.1 Å². The molecule has 0 amide bonds. The Bertz CT molecular complexity index is 1040. The monoisotopic (exact) mass is 405 g/mol. The van der Waals surface area contributed by atoms with Gasteiger partial charge >= 0.3 is 18.4 Å². The third kappa shape index (κ3) is 4.69. The topological polar surface area (TPSA) is 70.2 Å². The van der Waals surface area contributed by atoms with Gasteiger partial charge in [0.05, 0.1) is 6.54 Å². The van der Waals surface area contributed by atoms with Crippen LogP contribution in [0.25, 0.3) is 11.4 Å². The van der Waals surface area contributed by atoms with Gasteiger partial charge in [0, 0.05) is 17.8 Å². The van der Waals surface area contributed by atoms with E-state index < -0.39 is 35.6 Å². The first-order chi connectivity index (χ1) is 13.0. The summed E-state index contributed by atoms with van der Waals surface area (Å²) >= 11 is 0. The molecular formula is C16H9F6N3O3. The summed E-state index contributed by atoms with van der Waals surface area (Å²) in [5.41, 5.74) is -0.289. The summed E-state index contributed by atoms with van der Waals surface area (Å²) < 4.78 is 83.4. The van der Waals surface area contributed by atoms with Gasteiger partial charge in [0.25, 0.3) is 5.56 Å². The van der Waals surface area contributed by atoms with E-state index in [0.717, 1.165) is 22.8 Å². The van der Waals surface area contributed by atoms with E-state index >= 15 is 0 Å². The Hall–Kier alpha value is -3.31. The maximum atomic E-state index is 12.5. The number of rotatable bonds is 4. The van der Waals surface area contributed by atoms with Crippen LogP contribution < -0.4 is 10.3 Å². The van der Waals surface area contributed by atoms with Gasteiger partial charge in [-0.1, -0.05) is 17.3 Å². The second-order valence-electron chi connectivity index (χ2n) is 5.50. The van der Waals surface area contributed by atoms with Crippen LogP contribution in [0.3, 0.4) is 0 Å². The molecule has 28 heavy (non-hydrogen) atoms. The van der Waals surface area contributed by atoms with Crippen LogP contribution in [0.15, 0.2) is 51.9 Å². The SMILES string of the molecule is O=c1cc(-c2noc(C(F)(F)F)n2)ccn1Cc1cccc(OC(F)(F)F)c1. The molecule has 0 N–H and O–H groups in total. The maximum Gasteiger partial charge on any atom is 0.573 e. The summed E-state index contributed by atoms with van der Waals surface area (Å²) in [6.07, 6.45) is -8.42. The van der Waals surface area contributed by atoms with Crippen molar-refractivity contribution in [2.45, 2.75) is 19.1 Å². The molecule has 2 heterocycles. The third-order valence-electron chi connectivity index (χ3n) is 3.41. The van der Waals surface area contributed by atoms with Gasteiger partial charge in [0.1, 0.15) is 5.75 Å². The number of hydrogen-bond donors (Lipinski definition) is 0. The number of halogens is 6. The second-order valence-corrected chi connectivity index (χ2v) is 5.50. The summed E-state index contributed by atoms with van der Waals surface area (Å²) in [5.74, 6) is -2.41. The molecule has 0 spiro atoms. The van der Waals surface area contributed by atoms with Gasteiger partial charge < -0.3 is 13.8 Å². The quantitative estimate of drug-likeness (QED) is 0.617. The molecular weight excluding hydrogens is 396 g/mol. The zero-order valence-corrected chi connectivity index (χ0v) is 13.6. The molecule has 2 aromatic heterocycles. The Morgan fingerprint density at radius 1 is 1.07 bits per heavy atom. The third-order valence-corrected chi connectivity index (χ3v) is 3.41. The molecule has 0 aliphatic carbocycles. The molecule has 0 atom stereocenters. The molecule has 0 saturated carbocycles. The molecule has 0 radical (unpaired) electrons. The van der Waals surface area contributed by atoms with E-state index in [2.05, 4.69) is 19.4 Å². The Morgan fingerprint density at radius 3 is 2.43 bits per heavy atom. The number of nitrogens with zero attached hydrogens (tertiary/aromatic N) is 3. The molecule has 1 aromatic carbocycles. The van der Waals surface area contributed by atoms with Crippen molar-refractivity contribution in [3.05, 3.63) is 64.4 Å². The van der Waals surface area contributed by atoms with Crippen molar-refractivity contribution < 1.29 is 35.6 Å².